The van der Waals surface area contributed by atoms with E-state index in [9.17, 15) is 4.79 Å². The standard InChI is InChI=1S/C16H14N4O/c21-14(16(9-10-16)12-6-2-1-3-7-12)17-15-19-18-13-8-4-5-11-20(13)15/h1-8,11H,9-10H2,(H,17,19,21). The molecule has 0 atom stereocenters. The van der Waals surface area contributed by atoms with Crippen molar-refractivity contribution in [3.05, 3.63) is 60.3 Å². The lowest BCUT2D eigenvalue weighted by Gasteiger charge is -2.14. The molecule has 1 aromatic carbocycles. The predicted octanol–water partition coefficient (Wildman–Crippen LogP) is 2.40. The Morgan fingerprint density at radius 3 is 2.57 bits per heavy atom. The van der Waals surface area contributed by atoms with Crippen molar-refractivity contribution < 1.29 is 4.79 Å². The van der Waals surface area contributed by atoms with Crippen molar-refractivity contribution in [2.75, 3.05) is 5.32 Å². The molecule has 2 heterocycles. The minimum Gasteiger partial charge on any atom is -0.294 e. The van der Waals surface area contributed by atoms with Gasteiger partial charge in [0.25, 0.3) is 0 Å². The summed E-state index contributed by atoms with van der Waals surface area (Å²) >= 11 is 0. The lowest BCUT2D eigenvalue weighted by molar-refractivity contribution is -0.118. The number of aromatic nitrogens is 3. The molecule has 1 amide bonds. The molecule has 2 aromatic heterocycles. The highest BCUT2D eigenvalue weighted by Crippen LogP contribution is 2.48. The molecule has 0 unspecified atom stereocenters. The summed E-state index contributed by atoms with van der Waals surface area (Å²) in [6.07, 6.45) is 3.59. The number of amides is 1. The molecule has 5 heteroatoms. The monoisotopic (exact) mass is 278 g/mol. The van der Waals surface area contributed by atoms with E-state index in [2.05, 4.69) is 15.5 Å². The summed E-state index contributed by atoms with van der Waals surface area (Å²) in [7, 11) is 0. The number of hydrogen-bond donors (Lipinski definition) is 1. The molecule has 21 heavy (non-hydrogen) atoms. The minimum absolute atomic E-state index is 0.00754. The van der Waals surface area contributed by atoms with Gasteiger partial charge in [0.15, 0.2) is 5.65 Å². The van der Waals surface area contributed by atoms with Crippen molar-refractivity contribution in [3.8, 4) is 0 Å². The Morgan fingerprint density at radius 2 is 1.81 bits per heavy atom. The summed E-state index contributed by atoms with van der Waals surface area (Å²) in [5.41, 5.74) is 1.38. The first-order valence-electron chi connectivity index (χ1n) is 6.96. The fourth-order valence-corrected chi connectivity index (χ4v) is 2.68. The van der Waals surface area contributed by atoms with E-state index >= 15 is 0 Å². The molecular weight excluding hydrogens is 264 g/mol. The molecule has 5 nitrogen and oxygen atoms in total. The topological polar surface area (TPSA) is 59.3 Å². The Kier molecular flexibility index (Phi) is 2.54. The van der Waals surface area contributed by atoms with Gasteiger partial charge in [-0.15, -0.1) is 10.2 Å². The highest BCUT2D eigenvalue weighted by Gasteiger charge is 2.51. The molecular formula is C16H14N4O. The van der Waals surface area contributed by atoms with Crippen LogP contribution < -0.4 is 5.32 Å². The Morgan fingerprint density at radius 1 is 1.05 bits per heavy atom. The molecule has 1 saturated carbocycles. The first-order chi connectivity index (χ1) is 10.3. The second-order valence-corrected chi connectivity index (χ2v) is 5.35. The zero-order chi connectivity index (χ0) is 14.3. The van der Waals surface area contributed by atoms with E-state index in [1.165, 1.54) is 0 Å². The normalized spacial score (nSPS) is 15.8. The molecule has 0 radical (unpaired) electrons. The molecule has 4 rings (SSSR count). The Hall–Kier alpha value is -2.69. The van der Waals surface area contributed by atoms with E-state index < -0.39 is 5.41 Å². The molecule has 1 fully saturated rings. The number of nitrogens with zero attached hydrogens (tertiary/aromatic N) is 3. The van der Waals surface area contributed by atoms with Gasteiger partial charge in [-0.2, -0.15) is 0 Å². The van der Waals surface area contributed by atoms with Crippen LogP contribution in [0.5, 0.6) is 0 Å². The quantitative estimate of drug-likeness (QED) is 0.800. The number of anilines is 1. The van der Waals surface area contributed by atoms with Crippen molar-refractivity contribution in [3.63, 3.8) is 0 Å². The number of hydrogen-bond acceptors (Lipinski definition) is 3. The smallest absolute Gasteiger partial charge is 0.237 e. The van der Waals surface area contributed by atoms with Crippen LogP contribution in [-0.4, -0.2) is 20.5 Å². The summed E-state index contributed by atoms with van der Waals surface area (Å²) in [6, 6.07) is 15.5. The van der Waals surface area contributed by atoms with Gasteiger partial charge in [-0.25, -0.2) is 0 Å². The van der Waals surface area contributed by atoms with Gasteiger partial charge in [0.2, 0.25) is 11.9 Å². The SMILES string of the molecule is O=C(Nc1nnc2ccccn12)C1(c2ccccc2)CC1. The minimum atomic E-state index is -0.401. The van der Waals surface area contributed by atoms with Crippen molar-refractivity contribution in [1.29, 1.82) is 0 Å². The lowest BCUT2D eigenvalue weighted by atomic mass is 9.95. The third-order valence-corrected chi connectivity index (χ3v) is 4.05. The number of pyridine rings is 1. The molecule has 1 N–H and O–H groups in total. The fraction of sp³-hybridized carbons (Fsp3) is 0.188. The van der Waals surface area contributed by atoms with Crippen molar-refractivity contribution >= 4 is 17.5 Å². The van der Waals surface area contributed by atoms with Crippen LogP contribution in [-0.2, 0) is 10.2 Å². The van der Waals surface area contributed by atoms with Gasteiger partial charge < -0.3 is 0 Å². The fourth-order valence-electron chi connectivity index (χ4n) is 2.68. The van der Waals surface area contributed by atoms with Gasteiger partial charge in [0.1, 0.15) is 0 Å². The molecule has 0 bridgehead atoms. The number of carbonyl (C=O) groups is 1. The van der Waals surface area contributed by atoms with E-state index in [1.807, 2.05) is 54.7 Å². The maximum atomic E-state index is 12.6. The van der Waals surface area contributed by atoms with Crippen LogP contribution in [0.3, 0.4) is 0 Å². The first-order valence-corrected chi connectivity index (χ1v) is 6.96. The van der Waals surface area contributed by atoms with Crippen LogP contribution in [0.1, 0.15) is 18.4 Å². The summed E-state index contributed by atoms with van der Waals surface area (Å²) in [5.74, 6) is 0.463. The molecule has 3 aromatic rings. The Balaban J connectivity index is 1.65. The van der Waals surface area contributed by atoms with Crippen LogP contribution in [0.2, 0.25) is 0 Å². The largest absolute Gasteiger partial charge is 0.294 e. The molecule has 0 saturated heterocycles. The first kappa shape index (κ1) is 12.1. The van der Waals surface area contributed by atoms with E-state index in [0.29, 0.717) is 5.95 Å². The van der Waals surface area contributed by atoms with Crippen molar-refractivity contribution in [2.45, 2.75) is 18.3 Å². The summed E-state index contributed by atoms with van der Waals surface area (Å²) in [6.45, 7) is 0. The molecule has 104 valence electrons. The lowest BCUT2D eigenvalue weighted by Crippen LogP contribution is -2.28. The molecule has 0 aliphatic heterocycles. The number of rotatable bonds is 3. The number of benzene rings is 1. The van der Waals surface area contributed by atoms with Crippen molar-refractivity contribution in [2.24, 2.45) is 0 Å². The molecule has 1 aliphatic rings. The maximum Gasteiger partial charge on any atom is 0.237 e. The average molecular weight is 278 g/mol. The van der Waals surface area contributed by atoms with Gasteiger partial charge in [-0.05, 0) is 30.5 Å². The zero-order valence-electron chi connectivity index (χ0n) is 11.4. The predicted molar refractivity (Wildman–Crippen MR) is 79.0 cm³/mol. The average Bonchev–Trinajstić information content (AvgIpc) is 3.26. The molecule has 0 spiro atoms. The number of carbonyl (C=O) groups excluding carboxylic acids is 1. The third kappa shape index (κ3) is 1.89. The maximum absolute atomic E-state index is 12.6. The van der Waals surface area contributed by atoms with Gasteiger partial charge in [-0.1, -0.05) is 36.4 Å². The van der Waals surface area contributed by atoms with E-state index in [0.717, 1.165) is 24.1 Å². The van der Waals surface area contributed by atoms with Crippen LogP contribution in [0.25, 0.3) is 5.65 Å². The highest BCUT2D eigenvalue weighted by atomic mass is 16.2. The van der Waals surface area contributed by atoms with Crippen LogP contribution >= 0.6 is 0 Å². The summed E-state index contributed by atoms with van der Waals surface area (Å²) in [5, 5.41) is 11.0. The second-order valence-electron chi connectivity index (χ2n) is 5.35. The van der Waals surface area contributed by atoms with E-state index in [4.69, 9.17) is 0 Å². The van der Waals surface area contributed by atoms with Crippen LogP contribution in [0.4, 0.5) is 5.95 Å². The second kappa shape index (κ2) is 4.41. The van der Waals surface area contributed by atoms with Gasteiger partial charge in [-0.3, -0.25) is 14.5 Å². The van der Waals surface area contributed by atoms with Crippen LogP contribution in [0, 0.1) is 0 Å². The Labute approximate surface area is 121 Å². The van der Waals surface area contributed by atoms with Crippen molar-refractivity contribution in [1.82, 2.24) is 14.6 Å². The summed E-state index contributed by atoms with van der Waals surface area (Å²) < 4.78 is 1.78. The summed E-state index contributed by atoms with van der Waals surface area (Å²) in [4.78, 5) is 12.6. The van der Waals surface area contributed by atoms with Gasteiger partial charge >= 0.3 is 0 Å². The van der Waals surface area contributed by atoms with E-state index in [-0.39, 0.29) is 5.91 Å². The van der Waals surface area contributed by atoms with Gasteiger partial charge in [0.05, 0.1) is 5.41 Å². The Bertz CT molecular complexity index is 805. The number of nitrogens with one attached hydrogen (secondary N) is 1. The van der Waals surface area contributed by atoms with E-state index in [1.54, 1.807) is 4.40 Å². The zero-order valence-corrected chi connectivity index (χ0v) is 11.4. The van der Waals surface area contributed by atoms with Gasteiger partial charge in [0, 0.05) is 6.20 Å². The highest BCUT2D eigenvalue weighted by molar-refractivity contribution is 6.00. The number of fused-ring (bicyclic) bond motifs is 1. The third-order valence-electron chi connectivity index (χ3n) is 4.05. The van der Waals surface area contributed by atoms with Crippen LogP contribution in [0.15, 0.2) is 54.7 Å². The molecule has 1 aliphatic carbocycles.